The van der Waals surface area contributed by atoms with Crippen molar-refractivity contribution in [2.24, 2.45) is 11.5 Å². The van der Waals surface area contributed by atoms with E-state index in [-0.39, 0.29) is 6.61 Å². The molecule has 4 heteroatoms. The fourth-order valence-electron chi connectivity index (χ4n) is 0.689. The second-order valence-corrected chi connectivity index (χ2v) is 2.79. The van der Waals surface area contributed by atoms with E-state index in [1.54, 1.807) is 0 Å². The lowest BCUT2D eigenvalue weighted by atomic mass is 10.2. The van der Waals surface area contributed by atoms with Gasteiger partial charge in [0.05, 0.1) is 0 Å². The standard InChI is InChI=1S/C5H13NO.C4H11NO/c6-4-2-1-3-5-7;5-3-1-2-4-6/h7H,1-6H2;6H,1-5H2. The minimum atomic E-state index is 0.275. The zero-order chi connectivity index (χ0) is 10.4. The Morgan fingerprint density at radius 2 is 1.00 bits per heavy atom. The average Bonchev–Trinajstić information content (AvgIpc) is 2.17. The molecule has 0 fully saturated rings. The highest BCUT2D eigenvalue weighted by molar-refractivity contribution is 4.38. The topological polar surface area (TPSA) is 92.5 Å². The third-order valence-corrected chi connectivity index (χ3v) is 1.47. The van der Waals surface area contributed by atoms with Crippen LogP contribution in [0.25, 0.3) is 0 Å². The van der Waals surface area contributed by atoms with E-state index in [4.69, 9.17) is 21.7 Å². The van der Waals surface area contributed by atoms with Crippen LogP contribution in [0.5, 0.6) is 0 Å². The lowest BCUT2D eigenvalue weighted by molar-refractivity contribution is 0.283. The highest BCUT2D eigenvalue weighted by Crippen LogP contribution is 1.89. The van der Waals surface area contributed by atoms with Crippen molar-refractivity contribution in [3.05, 3.63) is 0 Å². The van der Waals surface area contributed by atoms with E-state index in [0.29, 0.717) is 13.2 Å². The smallest absolute Gasteiger partial charge is 0.0431 e. The molecule has 0 spiro atoms. The Morgan fingerprint density at radius 3 is 1.31 bits per heavy atom. The van der Waals surface area contributed by atoms with Crippen molar-refractivity contribution in [3.8, 4) is 0 Å². The number of unbranched alkanes of at least 4 members (excludes halogenated alkanes) is 3. The number of nitrogens with two attached hydrogens (primary N) is 2. The van der Waals surface area contributed by atoms with E-state index < -0.39 is 0 Å². The molecule has 0 unspecified atom stereocenters. The van der Waals surface area contributed by atoms with Crippen LogP contribution in [-0.2, 0) is 0 Å². The summed E-state index contributed by atoms with van der Waals surface area (Å²) in [7, 11) is 0. The van der Waals surface area contributed by atoms with Gasteiger partial charge in [-0.2, -0.15) is 0 Å². The van der Waals surface area contributed by atoms with Crippen LogP contribution in [0.15, 0.2) is 0 Å². The van der Waals surface area contributed by atoms with Crippen molar-refractivity contribution in [1.29, 1.82) is 0 Å². The Bertz CT molecular complexity index is 64.6. The molecule has 4 nitrogen and oxygen atoms in total. The molecular weight excluding hydrogens is 168 g/mol. The summed E-state index contributed by atoms with van der Waals surface area (Å²) < 4.78 is 0. The summed E-state index contributed by atoms with van der Waals surface area (Å²) in [6.45, 7) is 2.03. The minimum absolute atomic E-state index is 0.275. The molecule has 0 bridgehead atoms. The lowest BCUT2D eigenvalue weighted by Crippen LogP contribution is -1.98. The van der Waals surface area contributed by atoms with Crippen molar-refractivity contribution in [1.82, 2.24) is 0 Å². The normalized spacial score (nSPS) is 9.23. The molecule has 0 saturated carbocycles. The fraction of sp³-hybridized carbons (Fsp3) is 1.00. The molecule has 82 valence electrons. The Kier molecular flexibility index (Phi) is 21.0. The van der Waals surface area contributed by atoms with E-state index in [1.807, 2.05) is 0 Å². The van der Waals surface area contributed by atoms with Gasteiger partial charge in [0.2, 0.25) is 0 Å². The first-order valence-electron chi connectivity index (χ1n) is 4.95. The number of hydrogen-bond acceptors (Lipinski definition) is 4. The third kappa shape index (κ3) is 24.5. The van der Waals surface area contributed by atoms with Gasteiger partial charge >= 0.3 is 0 Å². The highest BCUT2D eigenvalue weighted by Gasteiger charge is 1.81. The van der Waals surface area contributed by atoms with Crippen LogP contribution in [-0.4, -0.2) is 36.5 Å². The Morgan fingerprint density at radius 1 is 0.615 bits per heavy atom. The van der Waals surface area contributed by atoms with E-state index in [9.17, 15) is 0 Å². The van der Waals surface area contributed by atoms with Gasteiger partial charge in [0.15, 0.2) is 0 Å². The second kappa shape index (κ2) is 17.8. The monoisotopic (exact) mass is 192 g/mol. The molecule has 0 aliphatic heterocycles. The first-order valence-corrected chi connectivity index (χ1v) is 4.95. The van der Waals surface area contributed by atoms with E-state index in [2.05, 4.69) is 0 Å². The molecule has 0 rings (SSSR count). The molecule has 0 aliphatic rings. The van der Waals surface area contributed by atoms with Gasteiger partial charge in [-0.15, -0.1) is 0 Å². The van der Waals surface area contributed by atoms with Crippen LogP contribution < -0.4 is 11.5 Å². The number of aliphatic hydroxyl groups excluding tert-OH is 2. The van der Waals surface area contributed by atoms with E-state index >= 15 is 0 Å². The second-order valence-electron chi connectivity index (χ2n) is 2.79. The summed E-state index contributed by atoms with van der Waals surface area (Å²) in [5.74, 6) is 0. The minimum Gasteiger partial charge on any atom is -0.396 e. The van der Waals surface area contributed by atoms with Gasteiger partial charge in [-0.05, 0) is 45.2 Å². The van der Waals surface area contributed by atoms with Gasteiger partial charge in [0.1, 0.15) is 0 Å². The molecular formula is C9H24N2O2. The summed E-state index contributed by atoms with van der Waals surface area (Å²) in [5.41, 5.74) is 10.3. The van der Waals surface area contributed by atoms with E-state index in [1.165, 1.54) is 0 Å². The molecule has 0 aromatic carbocycles. The maximum Gasteiger partial charge on any atom is 0.0431 e. The van der Waals surface area contributed by atoms with Gasteiger partial charge in [-0.3, -0.25) is 0 Å². The molecule has 0 saturated heterocycles. The van der Waals surface area contributed by atoms with Crippen molar-refractivity contribution < 1.29 is 10.2 Å². The van der Waals surface area contributed by atoms with Crippen LogP contribution in [0.1, 0.15) is 32.1 Å². The van der Waals surface area contributed by atoms with Crippen LogP contribution >= 0.6 is 0 Å². The quantitative estimate of drug-likeness (QED) is 0.421. The number of aliphatic hydroxyl groups is 2. The van der Waals surface area contributed by atoms with E-state index in [0.717, 1.165) is 38.6 Å². The maximum atomic E-state index is 8.25. The Hall–Kier alpha value is -0.160. The van der Waals surface area contributed by atoms with Gasteiger partial charge in [-0.1, -0.05) is 0 Å². The average molecular weight is 192 g/mol. The van der Waals surface area contributed by atoms with Gasteiger partial charge < -0.3 is 21.7 Å². The summed E-state index contributed by atoms with van der Waals surface area (Å²) in [6.07, 6.45) is 4.79. The largest absolute Gasteiger partial charge is 0.396 e. The predicted molar refractivity (Wildman–Crippen MR) is 55.4 cm³/mol. The lowest BCUT2D eigenvalue weighted by Gasteiger charge is -1.90. The van der Waals surface area contributed by atoms with Crippen LogP contribution in [0.3, 0.4) is 0 Å². The molecule has 13 heavy (non-hydrogen) atoms. The zero-order valence-electron chi connectivity index (χ0n) is 8.41. The molecule has 0 aromatic heterocycles. The number of hydrogen-bond donors (Lipinski definition) is 4. The maximum absolute atomic E-state index is 8.25. The molecule has 0 aliphatic carbocycles. The number of rotatable bonds is 7. The Labute approximate surface area is 80.9 Å². The third-order valence-electron chi connectivity index (χ3n) is 1.47. The van der Waals surface area contributed by atoms with Crippen molar-refractivity contribution >= 4 is 0 Å². The summed E-state index contributed by atoms with van der Waals surface area (Å²) in [6, 6.07) is 0. The summed E-state index contributed by atoms with van der Waals surface area (Å²) in [5, 5.41) is 16.4. The van der Waals surface area contributed by atoms with Gasteiger partial charge in [0.25, 0.3) is 0 Å². The van der Waals surface area contributed by atoms with Crippen molar-refractivity contribution in [2.75, 3.05) is 26.3 Å². The highest BCUT2D eigenvalue weighted by atomic mass is 16.3. The molecule has 6 N–H and O–H groups in total. The first kappa shape index (κ1) is 15.3. The molecule has 0 heterocycles. The predicted octanol–water partition coefficient (Wildman–Crippen LogP) is -0.175. The summed E-state index contributed by atoms with van der Waals surface area (Å²) in [4.78, 5) is 0. The molecule has 0 aromatic rings. The zero-order valence-corrected chi connectivity index (χ0v) is 8.41. The molecule has 0 atom stereocenters. The fourth-order valence-corrected chi connectivity index (χ4v) is 0.689. The van der Waals surface area contributed by atoms with Crippen molar-refractivity contribution in [2.45, 2.75) is 32.1 Å². The van der Waals surface area contributed by atoms with Gasteiger partial charge in [-0.25, -0.2) is 0 Å². The first-order chi connectivity index (χ1) is 6.33. The van der Waals surface area contributed by atoms with Crippen LogP contribution in [0.2, 0.25) is 0 Å². The molecule has 0 amide bonds. The SMILES string of the molecule is NCCCCCO.NCCCCO. The summed E-state index contributed by atoms with van der Waals surface area (Å²) >= 11 is 0. The Balaban J connectivity index is 0. The van der Waals surface area contributed by atoms with Crippen LogP contribution in [0, 0.1) is 0 Å². The molecule has 0 radical (unpaired) electrons. The van der Waals surface area contributed by atoms with Crippen molar-refractivity contribution in [3.63, 3.8) is 0 Å². The van der Waals surface area contributed by atoms with Crippen LogP contribution in [0.4, 0.5) is 0 Å². The van der Waals surface area contributed by atoms with Gasteiger partial charge in [0, 0.05) is 13.2 Å².